The summed E-state index contributed by atoms with van der Waals surface area (Å²) in [6.07, 6.45) is 1.38. The summed E-state index contributed by atoms with van der Waals surface area (Å²) >= 11 is 0. The van der Waals surface area contributed by atoms with E-state index >= 15 is 0 Å². The van der Waals surface area contributed by atoms with Crippen LogP contribution in [0.2, 0.25) is 6.04 Å². The average Bonchev–Trinajstić information content (AvgIpc) is 2.69. The van der Waals surface area contributed by atoms with Crippen LogP contribution in [0.4, 0.5) is 0 Å². The van der Waals surface area contributed by atoms with Crippen LogP contribution in [0.3, 0.4) is 0 Å². The summed E-state index contributed by atoms with van der Waals surface area (Å²) < 4.78 is 22.1. The highest BCUT2D eigenvalue weighted by Crippen LogP contribution is 2.37. The largest absolute Gasteiger partial charge is 0.507 e. The lowest BCUT2D eigenvalue weighted by Gasteiger charge is -2.24. The minimum Gasteiger partial charge on any atom is -0.507 e. The van der Waals surface area contributed by atoms with Crippen molar-refractivity contribution in [1.29, 1.82) is 0 Å². The molecule has 2 aromatic rings. The first kappa shape index (κ1) is 20.1. The highest BCUT2D eigenvalue weighted by atomic mass is 28.4. The highest BCUT2D eigenvalue weighted by molar-refractivity contribution is 6.60. The summed E-state index contributed by atoms with van der Waals surface area (Å²) in [4.78, 5) is 11.4. The Labute approximate surface area is 154 Å². The second-order valence-corrected chi connectivity index (χ2v) is 8.70. The number of hydrogen-bond acceptors (Lipinski definition) is 6. The fourth-order valence-electron chi connectivity index (χ4n) is 2.74. The van der Waals surface area contributed by atoms with Crippen LogP contribution in [0.25, 0.3) is 11.1 Å². The van der Waals surface area contributed by atoms with Gasteiger partial charge in [0.2, 0.25) is 0 Å². The third-order valence-electron chi connectivity index (χ3n) is 4.17. The molecule has 0 aromatic heterocycles. The van der Waals surface area contributed by atoms with E-state index in [0.717, 1.165) is 6.29 Å². The summed E-state index contributed by atoms with van der Waals surface area (Å²) in [7, 11) is 2.05. The molecule has 0 heterocycles. The molecule has 2 rings (SSSR count). The van der Waals surface area contributed by atoms with Crippen molar-refractivity contribution in [2.24, 2.45) is 0 Å². The van der Waals surface area contributed by atoms with Crippen molar-refractivity contribution < 1.29 is 27.9 Å². The molecule has 0 aliphatic heterocycles. The van der Waals surface area contributed by atoms with Gasteiger partial charge in [-0.05, 0) is 18.6 Å². The van der Waals surface area contributed by atoms with Crippen molar-refractivity contribution >= 4 is 15.1 Å². The highest BCUT2D eigenvalue weighted by Gasteiger charge is 2.37. The molecule has 7 heteroatoms. The molecule has 0 aliphatic carbocycles. The topological polar surface area (TPSA) is 74.2 Å². The van der Waals surface area contributed by atoms with Gasteiger partial charge in [-0.3, -0.25) is 4.79 Å². The molecule has 0 unspecified atom stereocenters. The van der Waals surface area contributed by atoms with Crippen LogP contribution in [-0.2, 0) is 13.3 Å². The van der Waals surface area contributed by atoms with Crippen molar-refractivity contribution in [1.82, 2.24) is 0 Å². The van der Waals surface area contributed by atoms with Crippen molar-refractivity contribution in [2.75, 3.05) is 27.9 Å². The van der Waals surface area contributed by atoms with E-state index in [2.05, 4.69) is 0 Å². The normalized spacial score (nSPS) is 11.3. The summed E-state index contributed by atoms with van der Waals surface area (Å²) in [5, 5.41) is 10.1. The molecule has 0 saturated carbocycles. The Balaban J connectivity index is 2.19. The number of ether oxygens (including phenoxy) is 1. The first-order valence-corrected chi connectivity index (χ1v) is 10.2. The van der Waals surface area contributed by atoms with Crippen molar-refractivity contribution in [2.45, 2.75) is 12.5 Å². The van der Waals surface area contributed by atoms with Gasteiger partial charge in [0.05, 0.1) is 12.2 Å². The Morgan fingerprint density at radius 3 is 2.23 bits per heavy atom. The smallest absolute Gasteiger partial charge is 0.500 e. The predicted molar refractivity (Wildman–Crippen MR) is 101 cm³/mol. The molecular formula is C19H24O6Si. The SMILES string of the molecule is CO[Si](CCCOc1c(C=O)cccc1-c1ccccc1O)(OC)OC. The molecular weight excluding hydrogens is 352 g/mol. The molecule has 0 fully saturated rings. The fourth-order valence-corrected chi connectivity index (χ4v) is 4.43. The average molecular weight is 376 g/mol. The first-order chi connectivity index (χ1) is 12.6. The number of hydrogen-bond donors (Lipinski definition) is 1. The Kier molecular flexibility index (Phi) is 7.34. The standard InChI is InChI=1S/C19H24O6Si/c1-22-26(23-2,24-3)13-7-12-25-19-15(14-20)8-6-10-17(19)16-9-4-5-11-18(16)21/h4-6,8-11,14,21H,7,12-13H2,1-3H3. The summed E-state index contributed by atoms with van der Waals surface area (Å²) in [6, 6.07) is 12.8. The number of benzene rings is 2. The van der Waals surface area contributed by atoms with Crippen LogP contribution in [0, 0.1) is 0 Å². The van der Waals surface area contributed by atoms with Gasteiger partial charge in [-0.1, -0.05) is 30.3 Å². The molecule has 0 spiro atoms. The van der Waals surface area contributed by atoms with E-state index in [4.69, 9.17) is 18.0 Å². The van der Waals surface area contributed by atoms with Gasteiger partial charge in [-0.15, -0.1) is 0 Å². The number of carbonyl (C=O) groups is 1. The second-order valence-electron chi connectivity index (χ2n) is 5.61. The van der Waals surface area contributed by atoms with Gasteiger partial charge in [-0.2, -0.15) is 0 Å². The Morgan fingerprint density at radius 2 is 1.62 bits per heavy atom. The number of aromatic hydroxyl groups is 1. The predicted octanol–water partition coefficient (Wildman–Crippen LogP) is 3.52. The van der Waals surface area contributed by atoms with E-state index in [1.165, 1.54) is 0 Å². The zero-order chi connectivity index (χ0) is 19.0. The fraction of sp³-hybridized carbons (Fsp3) is 0.316. The minimum atomic E-state index is -2.65. The molecule has 0 amide bonds. The van der Waals surface area contributed by atoms with Gasteiger partial charge in [0.15, 0.2) is 6.29 Å². The van der Waals surface area contributed by atoms with Crippen LogP contribution < -0.4 is 4.74 Å². The third kappa shape index (κ3) is 4.50. The van der Waals surface area contributed by atoms with Crippen molar-refractivity contribution in [3.05, 3.63) is 48.0 Å². The van der Waals surface area contributed by atoms with Crippen LogP contribution in [0.5, 0.6) is 11.5 Å². The van der Waals surface area contributed by atoms with Crippen LogP contribution in [-0.4, -0.2) is 48.1 Å². The zero-order valence-electron chi connectivity index (χ0n) is 15.2. The molecule has 0 saturated heterocycles. The molecule has 26 heavy (non-hydrogen) atoms. The molecule has 0 bridgehead atoms. The van der Waals surface area contributed by atoms with Gasteiger partial charge in [0.25, 0.3) is 0 Å². The molecule has 6 nitrogen and oxygen atoms in total. The quantitative estimate of drug-likeness (QED) is 0.388. The maximum atomic E-state index is 11.4. The molecule has 0 radical (unpaired) electrons. The lowest BCUT2D eigenvalue weighted by atomic mass is 10.0. The van der Waals surface area contributed by atoms with E-state index in [9.17, 15) is 9.90 Å². The third-order valence-corrected chi connectivity index (χ3v) is 7.01. The van der Waals surface area contributed by atoms with Crippen molar-refractivity contribution in [3.63, 3.8) is 0 Å². The number of carbonyl (C=O) groups excluding carboxylic acids is 1. The Morgan fingerprint density at radius 1 is 0.962 bits per heavy atom. The van der Waals surface area contributed by atoms with E-state index in [1.54, 1.807) is 51.7 Å². The molecule has 1 N–H and O–H groups in total. The maximum absolute atomic E-state index is 11.4. The lowest BCUT2D eigenvalue weighted by Crippen LogP contribution is -2.42. The van der Waals surface area contributed by atoms with Gasteiger partial charge in [0, 0.05) is 38.5 Å². The van der Waals surface area contributed by atoms with Gasteiger partial charge in [-0.25, -0.2) is 0 Å². The van der Waals surface area contributed by atoms with Crippen LogP contribution >= 0.6 is 0 Å². The number of para-hydroxylation sites is 2. The van der Waals surface area contributed by atoms with E-state index in [1.807, 2.05) is 12.1 Å². The molecule has 140 valence electrons. The van der Waals surface area contributed by atoms with E-state index < -0.39 is 8.80 Å². The zero-order valence-corrected chi connectivity index (χ0v) is 16.2. The van der Waals surface area contributed by atoms with Crippen LogP contribution in [0.1, 0.15) is 16.8 Å². The Hall–Kier alpha value is -2.19. The van der Waals surface area contributed by atoms with Gasteiger partial charge >= 0.3 is 8.80 Å². The van der Waals surface area contributed by atoms with Crippen LogP contribution in [0.15, 0.2) is 42.5 Å². The monoisotopic (exact) mass is 376 g/mol. The number of rotatable bonds is 10. The second kappa shape index (κ2) is 9.49. The van der Waals surface area contributed by atoms with E-state index in [0.29, 0.717) is 41.5 Å². The van der Waals surface area contributed by atoms with Crippen molar-refractivity contribution in [3.8, 4) is 22.6 Å². The van der Waals surface area contributed by atoms with Gasteiger partial charge < -0.3 is 23.1 Å². The van der Waals surface area contributed by atoms with E-state index in [-0.39, 0.29) is 5.75 Å². The summed E-state index contributed by atoms with van der Waals surface area (Å²) in [6.45, 7) is 0.357. The first-order valence-electron chi connectivity index (χ1n) is 8.25. The molecule has 0 atom stereocenters. The lowest BCUT2D eigenvalue weighted by molar-refractivity contribution is 0.111. The minimum absolute atomic E-state index is 0.130. The molecule has 2 aromatic carbocycles. The Bertz CT molecular complexity index is 721. The van der Waals surface area contributed by atoms with Gasteiger partial charge in [0.1, 0.15) is 11.5 Å². The number of phenolic OH excluding ortho intramolecular Hbond substituents is 1. The number of aldehydes is 1. The summed E-state index contributed by atoms with van der Waals surface area (Å²) in [5.74, 6) is 0.577. The summed E-state index contributed by atoms with van der Waals surface area (Å²) in [5.41, 5.74) is 1.71. The number of phenols is 1. The molecule has 0 aliphatic rings. The maximum Gasteiger partial charge on any atom is 0.500 e.